The van der Waals surface area contributed by atoms with Crippen LogP contribution in [0.1, 0.15) is 19.8 Å². The van der Waals surface area contributed by atoms with Crippen LogP contribution < -0.4 is 4.72 Å². The van der Waals surface area contributed by atoms with Crippen LogP contribution in [0.5, 0.6) is 0 Å². The summed E-state index contributed by atoms with van der Waals surface area (Å²) in [7, 11) is -3.79. The van der Waals surface area contributed by atoms with Crippen molar-refractivity contribution in [2.75, 3.05) is 11.9 Å². The first-order chi connectivity index (χ1) is 8.90. The van der Waals surface area contributed by atoms with E-state index in [9.17, 15) is 12.8 Å². The summed E-state index contributed by atoms with van der Waals surface area (Å²) in [6.07, 6.45) is 1.75. The van der Waals surface area contributed by atoms with Crippen molar-refractivity contribution >= 4 is 41.9 Å². The molecule has 0 spiro atoms. The number of sulfonamides is 1. The number of rotatable bonds is 7. The fraction of sp³-hybridized carbons (Fsp3) is 0.500. The Hall–Kier alpha value is 0.0200. The van der Waals surface area contributed by atoms with Gasteiger partial charge in [-0.25, -0.2) is 17.5 Å². The van der Waals surface area contributed by atoms with E-state index in [1.165, 1.54) is 12.1 Å². The average molecular weight is 417 g/mol. The Morgan fingerprint density at radius 1 is 1.42 bits per heavy atom. The molecule has 0 heterocycles. The summed E-state index contributed by atoms with van der Waals surface area (Å²) in [4.78, 5) is -0.315. The summed E-state index contributed by atoms with van der Waals surface area (Å²) < 4.78 is 40.6. The highest BCUT2D eigenvalue weighted by Gasteiger charge is 2.20. The second-order valence-electron chi connectivity index (χ2n) is 4.18. The number of nitrogens with one attached hydrogen (secondary N) is 1. The lowest BCUT2D eigenvalue weighted by molar-refractivity contribution is 0.481. The number of halogens is 3. The topological polar surface area (TPSA) is 46.2 Å². The number of hydrogen-bond acceptors (Lipinski definition) is 2. The van der Waals surface area contributed by atoms with Crippen molar-refractivity contribution in [2.24, 2.45) is 5.92 Å². The molecule has 7 heteroatoms. The van der Waals surface area contributed by atoms with Crippen molar-refractivity contribution in [3.63, 3.8) is 0 Å². The molecule has 1 atom stereocenters. The molecule has 1 rings (SSSR count). The molecule has 0 amide bonds. The first kappa shape index (κ1) is 17.1. The fourth-order valence-electron chi connectivity index (χ4n) is 1.60. The molecule has 0 saturated heterocycles. The van der Waals surface area contributed by atoms with Crippen LogP contribution in [0, 0.1) is 11.7 Å². The van der Waals surface area contributed by atoms with Crippen molar-refractivity contribution in [3.05, 3.63) is 28.5 Å². The summed E-state index contributed by atoms with van der Waals surface area (Å²) in [5, 5.41) is 0.819. The van der Waals surface area contributed by atoms with Gasteiger partial charge >= 0.3 is 0 Å². The standard InChI is InChI=1S/C12H16Br2FNO2S/c1-2-9(5-6-13)8-16-19(17,18)12-4-3-10(14)7-11(12)15/h3-4,7,9,16H,2,5-6,8H2,1H3. The average Bonchev–Trinajstić information content (AvgIpc) is 2.34. The van der Waals surface area contributed by atoms with E-state index >= 15 is 0 Å². The Balaban J connectivity index is 2.81. The van der Waals surface area contributed by atoms with Crippen molar-refractivity contribution in [2.45, 2.75) is 24.7 Å². The molecule has 0 aliphatic carbocycles. The Labute approximate surface area is 130 Å². The van der Waals surface area contributed by atoms with Crippen LogP contribution in [0.2, 0.25) is 0 Å². The highest BCUT2D eigenvalue weighted by atomic mass is 79.9. The molecule has 1 unspecified atom stereocenters. The normalized spacial score (nSPS) is 13.5. The van der Waals surface area contributed by atoms with Crippen LogP contribution in [-0.2, 0) is 10.0 Å². The van der Waals surface area contributed by atoms with Crippen molar-refractivity contribution in [1.29, 1.82) is 0 Å². The second kappa shape index (κ2) is 7.71. The molecule has 108 valence electrons. The summed E-state index contributed by atoms with van der Waals surface area (Å²) in [5.41, 5.74) is 0. The molecule has 0 aliphatic rings. The summed E-state index contributed by atoms with van der Waals surface area (Å²) in [6.45, 7) is 2.32. The van der Waals surface area contributed by atoms with E-state index in [0.29, 0.717) is 11.0 Å². The lowest BCUT2D eigenvalue weighted by Crippen LogP contribution is -2.30. The maximum absolute atomic E-state index is 13.6. The van der Waals surface area contributed by atoms with Crippen LogP contribution in [0.25, 0.3) is 0 Å². The molecule has 1 N–H and O–H groups in total. The monoisotopic (exact) mass is 415 g/mol. The predicted octanol–water partition coefficient (Wildman–Crippen LogP) is 3.68. The second-order valence-corrected chi connectivity index (χ2v) is 7.62. The molecule has 0 bridgehead atoms. The minimum atomic E-state index is -3.79. The van der Waals surface area contributed by atoms with E-state index in [0.717, 1.165) is 24.2 Å². The zero-order valence-corrected chi connectivity index (χ0v) is 14.5. The fourth-order valence-corrected chi connectivity index (χ4v) is 3.76. The molecule has 1 aromatic carbocycles. The highest BCUT2D eigenvalue weighted by Crippen LogP contribution is 2.19. The molecule has 3 nitrogen and oxygen atoms in total. The van der Waals surface area contributed by atoms with E-state index in [1.807, 2.05) is 6.92 Å². The number of benzene rings is 1. The smallest absolute Gasteiger partial charge is 0.211 e. The third-order valence-corrected chi connectivity index (χ3v) is 5.25. The van der Waals surface area contributed by atoms with Gasteiger partial charge in [0.1, 0.15) is 10.7 Å². The van der Waals surface area contributed by atoms with Gasteiger partial charge in [0.25, 0.3) is 0 Å². The van der Waals surface area contributed by atoms with Gasteiger partial charge in [0.2, 0.25) is 10.0 Å². The van der Waals surface area contributed by atoms with Gasteiger partial charge in [0.05, 0.1) is 0 Å². The van der Waals surface area contributed by atoms with E-state index in [1.54, 1.807) is 0 Å². The van der Waals surface area contributed by atoms with E-state index in [-0.39, 0.29) is 10.8 Å². The molecule has 0 aliphatic heterocycles. The lowest BCUT2D eigenvalue weighted by Gasteiger charge is -2.14. The van der Waals surface area contributed by atoms with Crippen molar-refractivity contribution in [1.82, 2.24) is 4.72 Å². The third-order valence-electron chi connectivity index (χ3n) is 2.84. The Morgan fingerprint density at radius 3 is 2.63 bits per heavy atom. The van der Waals surface area contributed by atoms with Gasteiger partial charge in [0, 0.05) is 16.3 Å². The molecule has 0 radical (unpaired) electrons. The summed E-state index contributed by atoms with van der Waals surface area (Å²) >= 11 is 6.43. The van der Waals surface area contributed by atoms with Crippen LogP contribution in [0.15, 0.2) is 27.6 Å². The van der Waals surface area contributed by atoms with Crippen LogP contribution in [0.3, 0.4) is 0 Å². The maximum atomic E-state index is 13.6. The van der Waals surface area contributed by atoms with E-state index in [2.05, 4.69) is 36.6 Å². The van der Waals surface area contributed by atoms with Crippen molar-refractivity contribution < 1.29 is 12.8 Å². The first-order valence-corrected chi connectivity index (χ1v) is 9.31. The lowest BCUT2D eigenvalue weighted by atomic mass is 10.0. The minimum Gasteiger partial charge on any atom is -0.211 e. The third kappa shape index (κ3) is 5.13. The minimum absolute atomic E-state index is 0.243. The van der Waals surface area contributed by atoms with Crippen LogP contribution >= 0.6 is 31.9 Å². The Kier molecular flexibility index (Phi) is 6.93. The zero-order valence-electron chi connectivity index (χ0n) is 10.5. The van der Waals surface area contributed by atoms with Crippen LogP contribution in [0.4, 0.5) is 4.39 Å². The molecule has 0 saturated carbocycles. The highest BCUT2D eigenvalue weighted by molar-refractivity contribution is 9.10. The molecule has 19 heavy (non-hydrogen) atoms. The Bertz CT molecular complexity index is 522. The molecular formula is C12H16Br2FNO2S. The molecule has 0 aromatic heterocycles. The SMILES string of the molecule is CCC(CCBr)CNS(=O)(=O)c1ccc(Br)cc1F. The number of hydrogen-bond donors (Lipinski definition) is 1. The van der Waals surface area contributed by atoms with E-state index < -0.39 is 15.8 Å². The van der Waals surface area contributed by atoms with Gasteiger partial charge in [-0.05, 0) is 30.5 Å². The van der Waals surface area contributed by atoms with Gasteiger partial charge in [-0.15, -0.1) is 0 Å². The summed E-state index contributed by atoms with van der Waals surface area (Å²) in [5.74, 6) is -0.511. The first-order valence-electron chi connectivity index (χ1n) is 5.91. The van der Waals surface area contributed by atoms with Gasteiger partial charge in [-0.3, -0.25) is 0 Å². The molecule has 1 aromatic rings. The van der Waals surface area contributed by atoms with E-state index in [4.69, 9.17) is 0 Å². The Morgan fingerprint density at radius 2 is 2.11 bits per heavy atom. The van der Waals surface area contributed by atoms with Gasteiger partial charge in [0.15, 0.2) is 0 Å². The van der Waals surface area contributed by atoms with Crippen LogP contribution in [-0.4, -0.2) is 20.3 Å². The molecule has 0 fully saturated rings. The quantitative estimate of drug-likeness (QED) is 0.689. The zero-order chi connectivity index (χ0) is 14.5. The summed E-state index contributed by atoms with van der Waals surface area (Å²) in [6, 6.07) is 3.91. The maximum Gasteiger partial charge on any atom is 0.243 e. The largest absolute Gasteiger partial charge is 0.243 e. The van der Waals surface area contributed by atoms with Gasteiger partial charge < -0.3 is 0 Å². The van der Waals surface area contributed by atoms with Gasteiger partial charge in [-0.2, -0.15) is 0 Å². The predicted molar refractivity (Wildman–Crippen MR) is 81.5 cm³/mol. The van der Waals surface area contributed by atoms with Crippen molar-refractivity contribution in [3.8, 4) is 0 Å². The molecular weight excluding hydrogens is 401 g/mol. The van der Waals surface area contributed by atoms with Gasteiger partial charge in [-0.1, -0.05) is 45.2 Å². The number of alkyl halides is 1.